The van der Waals surface area contributed by atoms with E-state index in [-0.39, 0.29) is 47.5 Å². The summed E-state index contributed by atoms with van der Waals surface area (Å²) in [7, 11) is -4.33. The van der Waals surface area contributed by atoms with E-state index in [0.29, 0.717) is 17.9 Å². The van der Waals surface area contributed by atoms with Crippen LogP contribution in [0.1, 0.15) is 85.4 Å². The van der Waals surface area contributed by atoms with Crippen LogP contribution in [0.2, 0.25) is 0 Å². The number of azo groups is 1. The van der Waals surface area contributed by atoms with E-state index in [9.17, 15) is 17.8 Å². The largest absolute Gasteiger partial charge is 1.00 e. The number of unbranched alkanes of at least 4 members (excludes halogenated alkanes) is 10. The molecule has 0 aliphatic rings. The fourth-order valence-corrected chi connectivity index (χ4v) is 4.88. The normalized spacial score (nSPS) is 11.5. The molecule has 0 fully saturated rings. The number of nitrogens with zero attached hydrogens (tertiary/aromatic N) is 2. The third-order valence-electron chi connectivity index (χ3n) is 6.46. The van der Waals surface area contributed by atoms with Crippen molar-refractivity contribution in [3.63, 3.8) is 0 Å². The fourth-order valence-electron chi connectivity index (χ4n) is 4.36. The second-order valence-corrected chi connectivity index (χ2v) is 11.0. The van der Waals surface area contributed by atoms with Crippen LogP contribution in [0.15, 0.2) is 75.8 Å². The molecule has 3 rings (SSSR count). The summed E-state index contributed by atoms with van der Waals surface area (Å²) in [6, 6.07) is 16.4. The second kappa shape index (κ2) is 17.6. The average molecular weight is 563 g/mol. The van der Waals surface area contributed by atoms with Gasteiger partial charge in [-0.2, -0.15) is 13.5 Å². The van der Waals surface area contributed by atoms with Crippen LogP contribution in [-0.2, 0) is 14.9 Å². The summed E-state index contributed by atoms with van der Waals surface area (Å²) in [4.78, 5) is 12.2. The van der Waals surface area contributed by atoms with E-state index in [2.05, 4.69) is 17.2 Å². The van der Waals surface area contributed by atoms with Crippen LogP contribution >= 0.6 is 0 Å². The quantitative estimate of drug-likeness (QED) is 0.0557. The van der Waals surface area contributed by atoms with Crippen molar-refractivity contribution in [3.05, 3.63) is 60.7 Å². The zero-order chi connectivity index (χ0) is 27.2. The Balaban J connectivity index is 0.00000400. The Morgan fingerprint density at radius 2 is 1.41 bits per heavy atom. The van der Waals surface area contributed by atoms with Crippen LogP contribution in [0.3, 0.4) is 0 Å². The van der Waals surface area contributed by atoms with Gasteiger partial charge in [0.25, 0.3) is 10.1 Å². The van der Waals surface area contributed by atoms with Gasteiger partial charge >= 0.3 is 35.5 Å². The van der Waals surface area contributed by atoms with Gasteiger partial charge in [0.15, 0.2) is 0 Å². The molecule has 3 aromatic rings. The molecule has 0 aliphatic carbocycles. The van der Waals surface area contributed by atoms with Crippen molar-refractivity contribution in [2.75, 3.05) is 0 Å². The number of benzene rings is 3. The summed E-state index contributed by atoms with van der Waals surface area (Å²) in [6.07, 6.45) is 13.9. The van der Waals surface area contributed by atoms with Crippen LogP contribution in [0, 0.1) is 0 Å². The Labute approximate surface area is 256 Å². The zero-order valence-corrected chi connectivity index (χ0v) is 26.0. The summed E-state index contributed by atoms with van der Waals surface area (Å²) in [5.74, 6) is 0.225. The average Bonchev–Trinajstić information content (AvgIpc) is 2.91. The molecule has 3 aromatic carbocycles. The molecule has 0 heterocycles. The van der Waals surface area contributed by atoms with Crippen molar-refractivity contribution >= 4 is 38.2 Å². The van der Waals surface area contributed by atoms with Crippen molar-refractivity contribution in [1.29, 1.82) is 0 Å². The summed E-state index contributed by atoms with van der Waals surface area (Å²) in [5.41, 5.74) is 0.828. The first kappa shape index (κ1) is 33.1. The number of carbonyl (C=O) groups is 1. The molecule has 39 heavy (non-hydrogen) atoms. The van der Waals surface area contributed by atoms with Gasteiger partial charge in [-0.15, -0.1) is 5.11 Å². The van der Waals surface area contributed by atoms with Crippen LogP contribution in [-0.4, -0.2) is 18.9 Å². The molecule has 0 unspecified atom stereocenters. The summed E-state index contributed by atoms with van der Waals surface area (Å²) < 4.78 is 37.7. The molecule has 0 saturated heterocycles. The number of hydrogen-bond acceptors (Lipinski definition) is 6. The van der Waals surface area contributed by atoms with Gasteiger partial charge in [-0.1, -0.05) is 101 Å². The minimum atomic E-state index is -4.33. The molecular weight excluding hydrogens is 523 g/mol. The molecule has 7 nitrogen and oxygen atoms in total. The number of rotatable bonds is 16. The van der Waals surface area contributed by atoms with Gasteiger partial charge in [0.1, 0.15) is 5.75 Å². The third kappa shape index (κ3) is 11.5. The van der Waals surface area contributed by atoms with E-state index in [0.717, 1.165) is 30.0 Å². The Morgan fingerprint density at radius 1 is 0.795 bits per heavy atom. The van der Waals surface area contributed by atoms with Gasteiger partial charge in [0, 0.05) is 17.2 Å². The topological polar surface area (TPSA) is 105 Å². The molecule has 0 radical (unpaired) electrons. The first-order chi connectivity index (χ1) is 18.4. The minimum absolute atomic E-state index is 0. The molecular formula is C30H39N2NaO5S. The first-order valence-corrected chi connectivity index (χ1v) is 15.0. The Morgan fingerprint density at radius 3 is 2.05 bits per heavy atom. The van der Waals surface area contributed by atoms with E-state index >= 15 is 0 Å². The molecule has 206 valence electrons. The van der Waals surface area contributed by atoms with Gasteiger partial charge in [0.2, 0.25) is 0 Å². The predicted molar refractivity (Wildman–Crippen MR) is 152 cm³/mol. The maximum atomic E-state index is 12.5. The molecule has 0 spiro atoms. The number of carbonyl (C=O) groups excluding carboxylic acids is 1. The summed E-state index contributed by atoms with van der Waals surface area (Å²) in [5, 5.41) is 9.88. The van der Waals surface area contributed by atoms with Crippen molar-refractivity contribution in [3.8, 4) is 5.75 Å². The molecule has 0 bridgehead atoms. The molecule has 0 saturated carbocycles. The van der Waals surface area contributed by atoms with E-state index in [1.165, 1.54) is 69.6 Å². The van der Waals surface area contributed by atoms with E-state index in [1.54, 1.807) is 18.2 Å². The fraction of sp³-hybridized carbons (Fsp3) is 0.433. The third-order valence-corrected chi connectivity index (χ3v) is 7.31. The number of fused-ring (bicyclic) bond motifs is 1. The maximum absolute atomic E-state index is 12.5. The van der Waals surface area contributed by atoms with Crippen molar-refractivity contribution < 1.29 is 53.5 Å². The van der Waals surface area contributed by atoms with E-state index in [4.69, 9.17) is 4.74 Å². The molecule has 9 heteroatoms. The van der Waals surface area contributed by atoms with Crippen molar-refractivity contribution in [1.82, 2.24) is 0 Å². The molecule has 0 aromatic heterocycles. The van der Waals surface area contributed by atoms with Crippen LogP contribution in [0.25, 0.3) is 10.8 Å². The van der Waals surface area contributed by atoms with Gasteiger partial charge in [-0.3, -0.25) is 9.35 Å². The predicted octanol–water partition coefficient (Wildman–Crippen LogP) is 6.22. The van der Waals surface area contributed by atoms with Gasteiger partial charge in [-0.05, 0) is 36.8 Å². The maximum Gasteiger partial charge on any atom is 1.00 e. The monoisotopic (exact) mass is 562 g/mol. The Kier molecular flexibility index (Phi) is 14.9. The summed E-state index contributed by atoms with van der Waals surface area (Å²) >= 11 is 0. The van der Waals surface area contributed by atoms with Gasteiger partial charge in [-0.25, -0.2) is 0 Å². The molecule has 1 N–H and O–H groups in total. The molecule has 0 atom stereocenters. The SMILES string of the molecule is CCCCCCCCCCCCCC(=O)Oc1ccc(N=Nc2cccc(S(=O)(=O)O)c2)c2ccccc12.[H-].[Na+]. The van der Waals surface area contributed by atoms with Gasteiger partial charge in [0.05, 0.1) is 16.3 Å². The van der Waals surface area contributed by atoms with Gasteiger partial charge < -0.3 is 6.16 Å². The second-order valence-electron chi connectivity index (χ2n) is 9.56. The number of ether oxygens (including phenoxy) is 1. The van der Waals surface area contributed by atoms with Crippen molar-refractivity contribution in [2.45, 2.75) is 88.9 Å². The number of esters is 1. The zero-order valence-electron chi connectivity index (χ0n) is 24.1. The Bertz CT molecular complexity index is 1330. The molecule has 0 amide bonds. The summed E-state index contributed by atoms with van der Waals surface area (Å²) in [6.45, 7) is 2.24. The van der Waals surface area contributed by atoms with Crippen molar-refractivity contribution in [2.24, 2.45) is 10.2 Å². The first-order valence-electron chi connectivity index (χ1n) is 13.6. The van der Waals surface area contributed by atoms with E-state index < -0.39 is 10.1 Å². The van der Waals surface area contributed by atoms with Crippen LogP contribution < -0.4 is 34.3 Å². The molecule has 0 aliphatic heterocycles. The smallest absolute Gasteiger partial charge is 1.00 e. The van der Waals surface area contributed by atoms with E-state index in [1.807, 2.05) is 24.3 Å². The van der Waals surface area contributed by atoms with Crippen LogP contribution in [0.5, 0.6) is 5.75 Å². The standard InChI is InChI=1S/C30H38N2O5S.Na.H/c1-2-3-4-5-6-7-8-9-10-11-12-20-30(33)37-29-22-21-28(26-18-13-14-19-27(26)29)32-31-24-16-15-17-25(23-24)38(34,35)36;;/h13-19,21-23H,2-12,20H2,1H3,(H,34,35,36);;/q;+1;-1. The van der Waals surface area contributed by atoms with Crippen LogP contribution in [0.4, 0.5) is 11.4 Å². The Hall–Kier alpha value is -2.10. The minimum Gasteiger partial charge on any atom is -1.00 e. The number of hydrogen-bond donors (Lipinski definition) is 1.